The zero-order valence-electron chi connectivity index (χ0n) is 19.9. The van der Waals surface area contributed by atoms with E-state index in [-0.39, 0.29) is 23.6 Å². The number of carbonyl (C=O) groups excluding carboxylic acids is 1. The number of hydrogen-bond acceptors (Lipinski definition) is 5. The minimum Gasteiger partial charge on any atom is -0.497 e. The molecule has 0 fully saturated rings. The molecule has 7 nitrogen and oxygen atoms in total. The quantitative estimate of drug-likeness (QED) is 0.368. The number of carbonyl (C=O) groups is 1. The summed E-state index contributed by atoms with van der Waals surface area (Å²) in [4.78, 5) is 19.5. The second kappa shape index (κ2) is 10.0. The van der Waals surface area contributed by atoms with Gasteiger partial charge in [0.1, 0.15) is 11.6 Å². The van der Waals surface area contributed by atoms with E-state index in [1.54, 1.807) is 24.1 Å². The number of nitrogens with one attached hydrogen (secondary N) is 1. The Kier molecular flexibility index (Phi) is 6.49. The highest BCUT2D eigenvalue weighted by atomic mass is 19.1. The van der Waals surface area contributed by atoms with E-state index in [2.05, 4.69) is 15.5 Å². The molecule has 0 saturated carbocycles. The van der Waals surface area contributed by atoms with Crippen molar-refractivity contribution in [3.63, 3.8) is 0 Å². The summed E-state index contributed by atoms with van der Waals surface area (Å²) in [6.45, 7) is 2.35. The molecule has 2 amide bonds. The van der Waals surface area contributed by atoms with Crippen molar-refractivity contribution >= 4 is 11.6 Å². The van der Waals surface area contributed by atoms with E-state index in [0.717, 1.165) is 11.1 Å². The van der Waals surface area contributed by atoms with Crippen LogP contribution in [0.2, 0.25) is 0 Å². The van der Waals surface area contributed by atoms with Gasteiger partial charge in [-0.15, -0.1) is 0 Å². The van der Waals surface area contributed by atoms with Gasteiger partial charge in [-0.05, 0) is 48.7 Å². The summed E-state index contributed by atoms with van der Waals surface area (Å²) in [6, 6.07) is 22.7. The fourth-order valence-corrected chi connectivity index (χ4v) is 4.36. The lowest BCUT2D eigenvalue weighted by Crippen LogP contribution is -2.46. The normalized spacial score (nSPS) is 15.7. The Morgan fingerprint density at radius 3 is 2.64 bits per heavy atom. The average Bonchev–Trinajstić information content (AvgIpc) is 3.39. The number of benzene rings is 3. The highest BCUT2D eigenvalue weighted by Crippen LogP contribution is 2.38. The van der Waals surface area contributed by atoms with E-state index in [4.69, 9.17) is 9.26 Å². The van der Waals surface area contributed by atoms with Gasteiger partial charge in [-0.3, -0.25) is 4.90 Å². The van der Waals surface area contributed by atoms with Crippen LogP contribution in [-0.2, 0) is 6.42 Å². The van der Waals surface area contributed by atoms with E-state index < -0.39 is 6.04 Å². The molecule has 1 N–H and O–H groups in total. The van der Waals surface area contributed by atoms with Gasteiger partial charge in [-0.2, -0.15) is 4.98 Å². The Hall–Kier alpha value is -4.46. The Balaban J connectivity index is 1.56. The highest BCUT2D eigenvalue weighted by Gasteiger charge is 2.35. The van der Waals surface area contributed by atoms with Crippen LogP contribution in [0.4, 0.5) is 9.18 Å². The van der Waals surface area contributed by atoms with Crippen LogP contribution in [0.15, 0.2) is 89.1 Å². The Morgan fingerprint density at radius 1 is 1.06 bits per heavy atom. The van der Waals surface area contributed by atoms with Gasteiger partial charge >= 0.3 is 6.03 Å². The van der Waals surface area contributed by atoms with E-state index >= 15 is 0 Å². The fourth-order valence-electron chi connectivity index (χ4n) is 4.36. The van der Waals surface area contributed by atoms with Crippen LogP contribution in [0.3, 0.4) is 0 Å². The van der Waals surface area contributed by atoms with E-state index in [0.29, 0.717) is 35.5 Å². The predicted molar refractivity (Wildman–Crippen MR) is 133 cm³/mol. The lowest BCUT2D eigenvalue weighted by Gasteiger charge is -2.35. The van der Waals surface area contributed by atoms with Crippen molar-refractivity contribution in [1.82, 2.24) is 20.4 Å². The summed E-state index contributed by atoms with van der Waals surface area (Å²) in [5.74, 6) is 0.794. The molecule has 1 aliphatic rings. The van der Waals surface area contributed by atoms with Crippen molar-refractivity contribution in [3.05, 3.63) is 107 Å². The van der Waals surface area contributed by atoms with Crippen LogP contribution < -0.4 is 10.1 Å². The SMILES string of the molecule is COc1cccc(C2NC(=O)N(CCc3ccccc3)C(C)=C2c2nc(-c3cccc(F)c3)no2)c1. The van der Waals surface area contributed by atoms with Crippen molar-refractivity contribution in [1.29, 1.82) is 0 Å². The summed E-state index contributed by atoms with van der Waals surface area (Å²) >= 11 is 0. The van der Waals surface area contributed by atoms with Crippen LogP contribution in [0, 0.1) is 5.82 Å². The van der Waals surface area contributed by atoms with Crippen LogP contribution in [0.1, 0.15) is 30.0 Å². The number of nitrogens with zero attached hydrogens (tertiary/aromatic N) is 3. The molecule has 2 heterocycles. The largest absolute Gasteiger partial charge is 0.497 e. The van der Waals surface area contributed by atoms with Crippen molar-refractivity contribution < 1.29 is 18.4 Å². The van der Waals surface area contributed by atoms with Crippen molar-refractivity contribution in [2.75, 3.05) is 13.7 Å². The van der Waals surface area contributed by atoms with E-state index in [9.17, 15) is 9.18 Å². The second-order valence-electron chi connectivity index (χ2n) is 8.48. The van der Waals surface area contributed by atoms with Crippen LogP contribution >= 0.6 is 0 Å². The van der Waals surface area contributed by atoms with Gasteiger partial charge in [-0.1, -0.05) is 59.8 Å². The molecule has 1 unspecified atom stereocenters. The first-order valence-corrected chi connectivity index (χ1v) is 11.6. The minimum atomic E-state index is -0.540. The molecule has 182 valence electrons. The fraction of sp³-hybridized carbons (Fsp3) is 0.179. The van der Waals surface area contributed by atoms with Crippen LogP contribution in [0.5, 0.6) is 5.75 Å². The summed E-state index contributed by atoms with van der Waals surface area (Å²) in [5, 5.41) is 7.19. The number of aromatic nitrogens is 2. The molecular weight excluding hydrogens is 459 g/mol. The van der Waals surface area contributed by atoms with Gasteiger partial charge in [0, 0.05) is 17.8 Å². The molecule has 8 heteroatoms. The Bertz CT molecular complexity index is 1420. The Morgan fingerprint density at radius 2 is 1.86 bits per heavy atom. The first kappa shape index (κ1) is 23.3. The predicted octanol–water partition coefficient (Wildman–Crippen LogP) is 5.62. The topological polar surface area (TPSA) is 80.5 Å². The molecule has 0 spiro atoms. The molecular formula is C28H25FN4O3. The van der Waals surface area contributed by atoms with Gasteiger partial charge in [-0.25, -0.2) is 9.18 Å². The number of hydrogen-bond donors (Lipinski definition) is 1. The zero-order chi connectivity index (χ0) is 25.1. The Labute approximate surface area is 208 Å². The summed E-state index contributed by atoms with van der Waals surface area (Å²) in [5.41, 5.74) is 3.82. The first-order chi connectivity index (χ1) is 17.5. The van der Waals surface area contributed by atoms with E-state index in [1.165, 1.54) is 12.1 Å². The lowest BCUT2D eigenvalue weighted by molar-refractivity contribution is 0.205. The molecule has 1 aliphatic heterocycles. The van der Waals surface area contributed by atoms with Crippen molar-refractivity contribution in [2.45, 2.75) is 19.4 Å². The van der Waals surface area contributed by atoms with Crippen LogP contribution in [-0.4, -0.2) is 34.7 Å². The zero-order valence-corrected chi connectivity index (χ0v) is 19.9. The lowest BCUT2D eigenvalue weighted by atomic mass is 9.94. The number of amides is 2. The maximum Gasteiger partial charge on any atom is 0.322 e. The number of urea groups is 1. The number of halogens is 1. The molecule has 4 aromatic rings. The first-order valence-electron chi connectivity index (χ1n) is 11.6. The molecule has 3 aromatic carbocycles. The molecule has 0 radical (unpaired) electrons. The molecule has 1 atom stereocenters. The summed E-state index contributed by atoms with van der Waals surface area (Å²) in [7, 11) is 1.59. The third kappa shape index (κ3) is 4.70. The van der Waals surface area contributed by atoms with Gasteiger partial charge in [0.2, 0.25) is 5.82 Å². The molecule has 36 heavy (non-hydrogen) atoms. The molecule has 1 aromatic heterocycles. The smallest absolute Gasteiger partial charge is 0.322 e. The average molecular weight is 485 g/mol. The number of methoxy groups -OCH3 is 1. The number of rotatable bonds is 7. The molecule has 5 rings (SSSR count). The molecule has 0 saturated heterocycles. The molecule has 0 aliphatic carbocycles. The standard InChI is InChI=1S/C28H25FN4O3/c1-18-24(27-31-26(32-36-27)21-11-6-12-22(29)16-21)25(20-10-7-13-23(17-20)35-2)30-28(34)33(18)15-14-19-8-4-3-5-9-19/h3-13,16-17,25H,14-15H2,1-2H3,(H,30,34). The number of ether oxygens (including phenoxy) is 1. The van der Waals surface area contributed by atoms with Gasteiger partial charge in [0.15, 0.2) is 0 Å². The monoisotopic (exact) mass is 484 g/mol. The maximum absolute atomic E-state index is 13.8. The second-order valence-corrected chi connectivity index (χ2v) is 8.48. The third-order valence-corrected chi connectivity index (χ3v) is 6.23. The maximum atomic E-state index is 13.8. The van der Waals surface area contributed by atoms with E-state index in [1.807, 2.05) is 61.5 Å². The van der Waals surface area contributed by atoms with Gasteiger partial charge < -0.3 is 14.6 Å². The van der Waals surface area contributed by atoms with Crippen LogP contribution in [0.25, 0.3) is 17.0 Å². The summed E-state index contributed by atoms with van der Waals surface area (Å²) in [6.07, 6.45) is 0.682. The van der Waals surface area contributed by atoms with Crippen molar-refractivity contribution in [3.8, 4) is 17.1 Å². The number of allylic oxidation sites excluding steroid dienone is 1. The van der Waals surface area contributed by atoms with Crippen molar-refractivity contribution in [2.24, 2.45) is 0 Å². The van der Waals surface area contributed by atoms with Gasteiger partial charge in [0.25, 0.3) is 5.89 Å². The third-order valence-electron chi connectivity index (χ3n) is 6.23. The van der Waals surface area contributed by atoms with Gasteiger partial charge in [0.05, 0.1) is 18.7 Å². The summed E-state index contributed by atoms with van der Waals surface area (Å²) < 4.78 is 24.9. The molecule has 0 bridgehead atoms. The highest BCUT2D eigenvalue weighted by molar-refractivity contribution is 5.87. The minimum absolute atomic E-state index is 0.218.